The van der Waals surface area contributed by atoms with Gasteiger partial charge < -0.3 is 14.4 Å². The van der Waals surface area contributed by atoms with Gasteiger partial charge in [0.05, 0.1) is 30.7 Å². The van der Waals surface area contributed by atoms with Gasteiger partial charge in [0.25, 0.3) is 0 Å². The molecule has 0 saturated carbocycles. The van der Waals surface area contributed by atoms with Crippen molar-refractivity contribution in [1.29, 1.82) is 0 Å². The van der Waals surface area contributed by atoms with Gasteiger partial charge in [0.1, 0.15) is 0 Å². The third-order valence-electron chi connectivity index (χ3n) is 6.76. The molecule has 5 nitrogen and oxygen atoms in total. The molecular formula is C24H21NO4. The molecule has 6 rings (SSSR count). The van der Waals surface area contributed by atoms with Crippen LogP contribution in [0.5, 0.6) is 0 Å². The summed E-state index contributed by atoms with van der Waals surface area (Å²) in [7, 11) is 0. The van der Waals surface area contributed by atoms with Gasteiger partial charge in [0, 0.05) is 17.2 Å². The Labute approximate surface area is 168 Å². The zero-order chi connectivity index (χ0) is 19.7. The Bertz CT molecular complexity index is 1040. The van der Waals surface area contributed by atoms with Crippen molar-refractivity contribution < 1.29 is 19.1 Å². The number of nitrogens with zero attached hydrogens (tertiary/aromatic N) is 1. The van der Waals surface area contributed by atoms with Gasteiger partial charge in [0.15, 0.2) is 11.6 Å². The van der Waals surface area contributed by atoms with E-state index in [1.165, 1.54) is 0 Å². The second kappa shape index (κ2) is 6.12. The number of para-hydroxylation sites is 1. The molecule has 2 aromatic rings. The number of hydrogen-bond donors (Lipinski definition) is 0. The van der Waals surface area contributed by atoms with Crippen molar-refractivity contribution in [2.75, 3.05) is 11.5 Å². The van der Waals surface area contributed by atoms with Crippen molar-refractivity contribution in [3.05, 3.63) is 71.3 Å². The molecule has 3 saturated heterocycles. The summed E-state index contributed by atoms with van der Waals surface area (Å²) in [4.78, 5) is 29.1. The summed E-state index contributed by atoms with van der Waals surface area (Å²) >= 11 is 0. The van der Waals surface area contributed by atoms with Crippen LogP contribution in [0.15, 0.2) is 54.6 Å². The first kappa shape index (κ1) is 17.1. The van der Waals surface area contributed by atoms with Gasteiger partial charge in [-0.3, -0.25) is 9.59 Å². The SMILES string of the molecule is Cc1ccc(C(=O)[C@@H]2[C@@H]3[C@H](C(=O)[C@H]4OC[C@H]3O4)[C@H]3C=Cc4ccccc4N32)cc1. The molecule has 0 N–H and O–H groups in total. The Hall–Kier alpha value is -2.76. The maximum Gasteiger partial charge on any atom is 0.218 e. The molecule has 0 aromatic heterocycles. The van der Waals surface area contributed by atoms with Crippen molar-refractivity contribution >= 4 is 23.3 Å². The van der Waals surface area contributed by atoms with Crippen molar-refractivity contribution in [3.8, 4) is 0 Å². The minimum absolute atomic E-state index is 0.0364. The van der Waals surface area contributed by atoms with Crippen LogP contribution in [0.1, 0.15) is 21.5 Å². The largest absolute Gasteiger partial charge is 0.353 e. The molecular weight excluding hydrogens is 366 g/mol. The van der Waals surface area contributed by atoms with Crippen molar-refractivity contribution in [2.24, 2.45) is 11.8 Å². The number of carbonyl (C=O) groups is 2. The van der Waals surface area contributed by atoms with Crippen LogP contribution in [-0.2, 0) is 14.3 Å². The average molecular weight is 387 g/mol. The van der Waals surface area contributed by atoms with Crippen LogP contribution >= 0.6 is 0 Å². The lowest BCUT2D eigenvalue weighted by Crippen LogP contribution is -2.48. The highest BCUT2D eigenvalue weighted by Crippen LogP contribution is 2.50. The summed E-state index contributed by atoms with van der Waals surface area (Å²) in [5, 5.41) is 0. The van der Waals surface area contributed by atoms with E-state index in [0.29, 0.717) is 12.2 Å². The molecule has 0 spiro atoms. The van der Waals surface area contributed by atoms with E-state index in [9.17, 15) is 9.59 Å². The number of fused-ring (bicyclic) bond motifs is 8. The molecule has 4 aliphatic heterocycles. The van der Waals surface area contributed by atoms with E-state index in [1.807, 2.05) is 55.5 Å². The third kappa shape index (κ3) is 2.35. The second-order valence-electron chi connectivity index (χ2n) is 8.34. The quantitative estimate of drug-likeness (QED) is 0.742. The summed E-state index contributed by atoms with van der Waals surface area (Å²) in [5.41, 5.74) is 3.85. The number of Topliss-reactive ketones (excluding diaryl/α,β-unsaturated/α-hetero) is 2. The van der Waals surface area contributed by atoms with Gasteiger partial charge in [-0.2, -0.15) is 0 Å². The van der Waals surface area contributed by atoms with Gasteiger partial charge in [0.2, 0.25) is 6.29 Å². The lowest BCUT2D eigenvalue weighted by Gasteiger charge is -2.35. The third-order valence-corrected chi connectivity index (χ3v) is 6.76. The van der Waals surface area contributed by atoms with Crippen molar-refractivity contribution in [3.63, 3.8) is 0 Å². The zero-order valence-corrected chi connectivity index (χ0v) is 16.0. The molecule has 2 bridgehead atoms. The highest BCUT2D eigenvalue weighted by atomic mass is 16.7. The molecule has 0 radical (unpaired) electrons. The normalized spacial score (nSPS) is 34.0. The van der Waals surface area contributed by atoms with E-state index in [1.54, 1.807) is 0 Å². The van der Waals surface area contributed by atoms with Gasteiger partial charge in [-0.25, -0.2) is 0 Å². The molecule has 2 aromatic carbocycles. The smallest absolute Gasteiger partial charge is 0.218 e. The minimum atomic E-state index is -0.790. The second-order valence-corrected chi connectivity index (χ2v) is 8.34. The Morgan fingerprint density at radius 3 is 2.72 bits per heavy atom. The molecule has 146 valence electrons. The summed E-state index contributed by atoms with van der Waals surface area (Å²) in [5.74, 6) is -0.530. The van der Waals surface area contributed by atoms with Crippen LogP contribution in [0.2, 0.25) is 0 Å². The van der Waals surface area contributed by atoms with Gasteiger partial charge in [-0.1, -0.05) is 60.2 Å². The molecule has 0 unspecified atom stereocenters. The average Bonchev–Trinajstić information content (AvgIpc) is 3.33. The topological polar surface area (TPSA) is 55.8 Å². The van der Waals surface area contributed by atoms with Gasteiger partial charge >= 0.3 is 0 Å². The minimum Gasteiger partial charge on any atom is -0.353 e. The fourth-order valence-electron chi connectivity index (χ4n) is 5.47. The van der Waals surface area contributed by atoms with Crippen LogP contribution in [0.25, 0.3) is 6.08 Å². The van der Waals surface area contributed by atoms with Crippen molar-refractivity contribution in [2.45, 2.75) is 31.4 Å². The van der Waals surface area contributed by atoms with Crippen molar-refractivity contribution in [1.82, 2.24) is 0 Å². The molecule has 6 atom stereocenters. The van der Waals surface area contributed by atoms with Gasteiger partial charge in [-0.05, 0) is 18.6 Å². The summed E-state index contributed by atoms with van der Waals surface area (Å²) in [6.07, 6.45) is 3.11. The molecule has 4 aliphatic rings. The Balaban J connectivity index is 1.52. The number of hydrogen-bond acceptors (Lipinski definition) is 5. The Kier molecular flexibility index (Phi) is 3.61. The number of anilines is 1. The number of ether oxygens (including phenoxy) is 2. The van der Waals surface area contributed by atoms with E-state index in [2.05, 4.69) is 17.1 Å². The first-order valence-electron chi connectivity index (χ1n) is 10.1. The van der Waals surface area contributed by atoms with Crippen LogP contribution < -0.4 is 4.90 Å². The zero-order valence-electron chi connectivity index (χ0n) is 16.0. The lowest BCUT2D eigenvalue weighted by atomic mass is 9.77. The molecule has 29 heavy (non-hydrogen) atoms. The van der Waals surface area contributed by atoms with Crippen LogP contribution in [0, 0.1) is 18.8 Å². The fraction of sp³-hybridized carbons (Fsp3) is 0.333. The molecule has 0 amide bonds. The number of benzene rings is 2. The highest BCUT2D eigenvalue weighted by Gasteiger charge is 2.63. The molecule has 3 fully saturated rings. The Morgan fingerprint density at radius 1 is 1.10 bits per heavy atom. The maximum atomic E-state index is 13.8. The summed E-state index contributed by atoms with van der Waals surface area (Å²) < 4.78 is 11.5. The fourth-order valence-corrected chi connectivity index (χ4v) is 5.47. The van der Waals surface area contributed by atoms with E-state index < -0.39 is 12.3 Å². The number of carbonyl (C=O) groups excluding carboxylic acids is 2. The Morgan fingerprint density at radius 2 is 1.90 bits per heavy atom. The number of ketones is 2. The standard InChI is InChI=1S/C24H21NO4/c1-13-6-8-15(9-7-13)22(26)21-20-18-12-28-24(29-18)23(27)19(20)17-11-10-14-4-2-3-5-16(14)25(17)21/h2-11,17-21,24H,12H2,1H3/t17-,18-,19-,20+,21+,24+/m1/s1. The predicted molar refractivity (Wildman–Crippen MR) is 108 cm³/mol. The summed E-state index contributed by atoms with van der Waals surface area (Å²) in [6, 6.07) is 15.1. The van der Waals surface area contributed by atoms with Gasteiger partial charge in [-0.15, -0.1) is 0 Å². The van der Waals surface area contributed by atoms with E-state index in [4.69, 9.17) is 9.47 Å². The predicted octanol–water partition coefficient (Wildman–Crippen LogP) is 3.02. The molecule has 4 heterocycles. The van der Waals surface area contributed by atoms with E-state index in [-0.39, 0.29) is 35.5 Å². The van der Waals surface area contributed by atoms with Crippen LogP contribution in [-0.4, -0.2) is 42.7 Å². The summed E-state index contributed by atoms with van der Waals surface area (Å²) in [6.45, 7) is 2.37. The van der Waals surface area contributed by atoms with E-state index in [0.717, 1.165) is 16.8 Å². The lowest BCUT2D eigenvalue weighted by molar-refractivity contribution is -0.163. The number of aryl methyl sites for hydroxylation is 1. The highest BCUT2D eigenvalue weighted by molar-refractivity contribution is 6.05. The molecule has 0 aliphatic carbocycles. The first-order valence-corrected chi connectivity index (χ1v) is 10.1. The first-order chi connectivity index (χ1) is 14.1. The number of rotatable bonds is 2. The molecule has 5 heteroatoms. The maximum absolute atomic E-state index is 13.8. The monoisotopic (exact) mass is 387 g/mol. The van der Waals surface area contributed by atoms with Crippen LogP contribution in [0.3, 0.4) is 0 Å². The van der Waals surface area contributed by atoms with E-state index >= 15 is 0 Å². The van der Waals surface area contributed by atoms with Crippen LogP contribution in [0.4, 0.5) is 5.69 Å².